The van der Waals surface area contributed by atoms with Gasteiger partial charge in [0.25, 0.3) is 5.91 Å². The molecular formula is C20H23FN6O3S. The van der Waals surface area contributed by atoms with Crippen molar-refractivity contribution in [3.8, 4) is 5.69 Å². The minimum Gasteiger partial charge on any atom is -0.322 e. The highest BCUT2D eigenvalue weighted by Gasteiger charge is 2.23. The van der Waals surface area contributed by atoms with Crippen LogP contribution in [-0.2, 0) is 10.0 Å². The van der Waals surface area contributed by atoms with Gasteiger partial charge < -0.3 is 5.32 Å². The molecule has 0 saturated heterocycles. The van der Waals surface area contributed by atoms with Crippen molar-refractivity contribution in [3.05, 3.63) is 59.2 Å². The zero-order valence-corrected chi connectivity index (χ0v) is 18.6. The second kappa shape index (κ2) is 8.16. The number of nitrogens with zero attached hydrogens (tertiary/aromatic N) is 4. The lowest BCUT2D eigenvalue weighted by Crippen LogP contribution is -2.40. The number of nitrogens with one attached hydrogen (secondary N) is 2. The molecule has 0 saturated carbocycles. The Morgan fingerprint density at radius 3 is 2.42 bits per heavy atom. The van der Waals surface area contributed by atoms with Crippen molar-refractivity contribution in [1.82, 2.24) is 24.9 Å². The number of halogens is 1. The molecular weight excluding hydrogens is 423 g/mol. The summed E-state index contributed by atoms with van der Waals surface area (Å²) in [7, 11) is -3.82. The topological polar surface area (TPSA) is 119 Å². The van der Waals surface area contributed by atoms with Crippen LogP contribution >= 0.6 is 0 Å². The summed E-state index contributed by atoms with van der Waals surface area (Å²) in [5.41, 5.74) is 0.469. The van der Waals surface area contributed by atoms with E-state index in [0.717, 1.165) is 0 Å². The molecule has 0 aliphatic carbocycles. The van der Waals surface area contributed by atoms with Gasteiger partial charge in [-0.2, -0.15) is 4.68 Å². The summed E-state index contributed by atoms with van der Waals surface area (Å²) >= 11 is 0. The zero-order valence-electron chi connectivity index (χ0n) is 17.8. The summed E-state index contributed by atoms with van der Waals surface area (Å²) in [6.45, 7) is 8.50. The molecule has 1 amide bonds. The van der Waals surface area contributed by atoms with E-state index in [4.69, 9.17) is 0 Å². The van der Waals surface area contributed by atoms with Crippen molar-refractivity contribution < 1.29 is 17.6 Å². The second-order valence-corrected chi connectivity index (χ2v) is 9.77. The molecule has 1 aromatic heterocycles. The Bertz CT molecular complexity index is 1250. The first-order valence-corrected chi connectivity index (χ1v) is 10.9. The van der Waals surface area contributed by atoms with E-state index in [1.54, 1.807) is 40.7 Å². The third-order valence-corrected chi connectivity index (χ3v) is 6.02. The van der Waals surface area contributed by atoms with Crippen LogP contribution in [-0.4, -0.2) is 40.1 Å². The second-order valence-electron chi connectivity index (χ2n) is 8.09. The Kier molecular flexibility index (Phi) is 5.92. The van der Waals surface area contributed by atoms with Gasteiger partial charge in [-0.3, -0.25) is 4.79 Å². The number of hydrogen-bond donors (Lipinski definition) is 2. The molecule has 3 rings (SSSR count). The number of amides is 1. The molecule has 0 bridgehead atoms. The third kappa shape index (κ3) is 5.12. The molecule has 2 aromatic carbocycles. The van der Waals surface area contributed by atoms with E-state index >= 15 is 0 Å². The lowest BCUT2D eigenvalue weighted by Gasteiger charge is -2.20. The van der Waals surface area contributed by atoms with Gasteiger partial charge in [0.1, 0.15) is 11.5 Å². The summed E-state index contributed by atoms with van der Waals surface area (Å²) in [6, 6.07) is 8.30. The van der Waals surface area contributed by atoms with Crippen molar-refractivity contribution in [2.24, 2.45) is 0 Å². The van der Waals surface area contributed by atoms with E-state index in [9.17, 15) is 17.6 Å². The van der Waals surface area contributed by atoms with Gasteiger partial charge >= 0.3 is 0 Å². The maximum absolute atomic E-state index is 14.3. The number of carbonyl (C=O) groups excluding carboxylic acids is 1. The lowest BCUT2D eigenvalue weighted by atomic mass is 10.1. The quantitative estimate of drug-likeness (QED) is 0.622. The van der Waals surface area contributed by atoms with Crippen LogP contribution in [0.15, 0.2) is 41.3 Å². The van der Waals surface area contributed by atoms with Gasteiger partial charge in [-0.15, -0.1) is 5.10 Å². The number of aryl methyl sites for hydroxylation is 2. The van der Waals surface area contributed by atoms with E-state index in [1.807, 2.05) is 0 Å². The zero-order chi connectivity index (χ0) is 23.0. The van der Waals surface area contributed by atoms with Crippen molar-refractivity contribution in [3.63, 3.8) is 0 Å². The van der Waals surface area contributed by atoms with Crippen molar-refractivity contribution in [2.45, 2.75) is 45.1 Å². The first kappa shape index (κ1) is 22.5. The first-order valence-electron chi connectivity index (χ1n) is 9.38. The van der Waals surface area contributed by atoms with Crippen LogP contribution in [0.1, 0.15) is 42.5 Å². The number of tetrazole rings is 1. The molecule has 0 aliphatic heterocycles. The van der Waals surface area contributed by atoms with Crippen LogP contribution in [0, 0.1) is 19.7 Å². The minimum atomic E-state index is -3.82. The van der Waals surface area contributed by atoms with Crippen LogP contribution in [0.5, 0.6) is 0 Å². The molecule has 0 atom stereocenters. The molecule has 0 fully saturated rings. The van der Waals surface area contributed by atoms with Gasteiger partial charge in [-0.05, 0) is 80.9 Å². The van der Waals surface area contributed by atoms with Gasteiger partial charge in [-0.1, -0.05) is 6.07 Å². The van der Waals surface area contributed by atoms with Crippen LogP contribution in [0.2, 0.25) is 0 Å². The monoisotopic (exact) mass is 446 g/mol. The maximum atomic E-state index is 14.3. The molecule has 3 aromatic rings. The summed E-state index contributed by atoms with van der Waals surface area (Å²) in [4.78, 5) is 12.9. The first-order chi connectivity index (χ1) is 14.4. The van der Waals surface area contributed by atoms with Crippen LogP contribution in [0.3, 0.4) is 0 Å². The Balaban J connectivity index is 1.92. The summed E-state index contributed by atoms with van der Waals surface area (Å²) < 4.78 is 43.3. The smallest absolute Gasteiger partial charge is 0.255 e. The normalized spacial score (nSPS) is 12.1. The molecule has 2 N–H and O–H groups in total. The van der Waals surface area contributed by atoms with Gasteiger partial charge in [0.2, 0.25) is 10.0 Å². The van der Waals surface area contributed by atoms with Gasteiger partial charge in [0, 0.05) is 16.8 Å². The largest absolute Gasteiger partial charge is 0.322 e. The molecule has 164 valence electrons. The molecule has 0 aliphatic rings. The van der Waals surface area contributed by atoms with Crippen molar-refractivity contribution in [2.75, 3.05) is 5.32 Å². The maximum Gasteiger partial charge on any atom is 0.255 e. The predicted molar refractivity (Wildman–Crippen MR) is 113 cm³/mol. The fourth-order valence-corrected chi connectivity index (χ4v) is 4.32. The number of benzene rings is 2. The number of rotatable bonds is 5. The fraction of sp³-hybridized carbons (Fsp3) is 0.300. The average molecular weight is 447 g/mol. The highest BCUT2D eigenvalue weighted by molar-refractivity contribution is 7.89. The number of sulfonamides is 1. The summed E-state index contributed by atoms with van der Waals surface area (Å²) in [5, 5.41) is 13.6. The molecule has 9 nitrogen and oxygen atoms in total. The summed E-state index contributed by atoms with van der Waals surface area (Å²) in [5.74, 6) is -0.718. The fourth-order valence-electron chi connectivity index (χ4n) is 2.88. The Labute approximate surface area is 179 Å². The van der Waals surface area contributed by atoms with Crippen LogP contribution in [0.25, 0.3) is 5.69 Å². The molecule has 0 radical (unpaired) electrons. The van der Waals surface area contributed by atoms with Gasteiger partial charge in [-0.25, -0.2) is 17.5 Å². The Morgan fingerprint density at radius 2 is 1.81 bits per heavy atom. The lowest BCUT2D eigenvalue weighted by molar-refractivity contribution is 0.102. The number of aromatic nitrogens is 4. The van der Waals surface area contributed by atoms with Crippen LogP contribution in [0.4, 0.5) is 10.1 Å². The number of anilines is 1. The molecule has 31 heavy (non-hydrogen) atoms. The highest BCUT2D eigenvalue weighted by Crippen LogP contribution is 2.22. The minimum absolute atomic E-state index is 0.0257. The van der Waals surface area contributed by atoms with E-state index in [1.165, 1.54) is 35.0 Å². The van der Waals surface area contributed by atoms with Crippen LogP contribution < -0.4 is 10.0 Å². The molecule has 11 heteroatoms. The highest BCUT2D eigenvalue weighted by atomic mass is 32.2. The number of hydrogen-bond acceptors (Lipinski definition) is 6. The Hall–Kier alpha value is -3.18. The van der Waals surface area contributed by atoms with Gasteiger partial charge in [0.15, 0.2) is 5.82 Å². The average Bonchev–Trinajstić information content (AvgIpc) is 3.07. The van der Waals surface area contributed by atoms with E-state index < -0.39 is 27.3 Å². The SMILES string of the molecule is Cc1ccc(S(=O)(=O)NC(C)(C)C)cc1C(=O)Nc1ccc(F)c(-n2nnnc2C)c1. The Morgan fingerprint density at radius 1 is 1.10 bits per heavy atom. The number of carbonyl (C=O) groups is 1. The third-order valence-electron chi connectivity index (χ3n) is 4.26. The van der Waals surface area contributed by atoms with Crippen molar-refractivity contribution >= 4 is 21.6 Å². The predicted octanol–water partition coefficient (Wildman–Crippen LogP) is 2.75. The van der Waals surface area contributed by atoms with Crippen molar-refractivity contribution in [1.29, 1.82) is 0 Å². The van der Waals surface area contributed by atoms with E-state index in [-0.39, 0.29) is 16.1 Å². The van der Waals surface area contributed by atoms with E-state index in [0.29, 0.717) is 17.1 Å². The molecule has 1 heterocycles. The van der Waals surface area contributed by atoms with E-state index in [2.05, 4.69) is 25.6 Å². The summed E-state index contributed by atoms with van der Waals surface area (Å²) in [6.07, 6.45) is 0. The van der Waals surface area contributed by atoms with Gasteiger partial charge in [0.05, 0.1) is 4.90 Å². The molecule has 0 unspecified atom stereocenters. The standard InChI is InChI=1S/C20H23FN6O3S/c1-12-6-8-15(31(29,30)24-20(3,4)5)11-16(12)19(28)22-14-7-9-17(21)18(10-14)27-13(2)23-25-26-27/h6-11,24H,1-5H3,(H,22,28). The molecule has 0 spiro atoms.